The summed E-state index contributed by atoms with van der Waals surface area (Å²) in [5.74, 6) is 0.899. The van der Waals surface area contributed by atoms with Gasteiger partial charge < -0.3 is 10.1 Å². The fourth-order valence-corrected chi connectivity index (χ4v) is 3.00. The van der Waals surface area contributed by atoms with Crippen LogP contribution in [0.1, 0.15) is 28.3 Å². The molecule has 0 spiro atoms. The standard InChI is InChI=1S/C18H22BrNO/c1-12-10-17(19)13(2)9-16(12)18(20-3)11-14-5-7-15(21-4)8-6-14/h5-10,18,20H,11H2,1-4H3. The van der Waals surface area contributed by atoms with Gasteiger partial charge in [-0.05, 0) is 67.8 Å². The zero-order valence-electron chi connectivity index (χ0n) is 13.0. The van der Waals surface area contributed by atoms with Crippen LogP contribution in [0.2, 0.25) is 0 Å². The molecule has 0 heterocycles. The molecule has 2 nitrogen and oxygen atoms in total. The van der Waals surface area contributed by atoms with E-state index in [1.165, 1.54) is 26.7 Å². The topological polar surface area (TPSA) is 21.3 Å². The zero-order valence-corrected chi connectivity index (χ0v) is 14.6. The van der Waals surface area contributed by atoms with Crippen LogP contribution in [-0.4, -0.2) is 14.2 Å². The molecular formula is C18H22BrNO. The number of rotatable bonds is 5. The monoisotopic (exact) mass is 347 g/mol. The number of nitrogens with one attached hydrogen (secondary N) is 1. The predicted octanol–water partition coefficient (Wildman–Crippen LogP) is 4.58. The van der Waals surface area contributed by atoms with Crippen molar-refractivity contribution >= 4 is 15.9 Å². The number of aryl methyl sites for hydroxylation is 2. The molecule has 2 aromatic rings. The van der Waals surface area contributed by atoms with Crippen LogP contribution in [-0.2, 0) is 6.42 Å². The minimum Gasteiger partial charge on any atom is -0.497 e. The summed E-state index contributed by atoms with van der Waals surface area (Å²) < 4.78 is 6.38. The molecule has 3 heteroatoms. The van der Waals surface area contributed by atoms with Crippen molar-refractivity contribution in [2.24, 2.45) is 0 Å². The lowest BCUT2D eigenvalue weighted by molar-refractivity contribution is 0.414. The first-order valence-corrected chi connectivity index (χ1v) is 7.91. The second kappa shape index (κ2) is 7.10. The molecule has 0 bridgehead atoms. The quantitative estimate of drug-likeness (QED) is 0.854. The Bertz CT molecular complexity index is 607. The molecule has 2 rings (SSSR count). The van der Waals surface area contributed by atoms with Gasteiger partial charge in [-0.1, -0.05) is 34.1 Å². The van der Waals surface area contributed by atoms with E-state index < -0.39 is 0 Å². The van der Waals surface area contributed by atoms with Gasteiger partial charge in [0, 0.05) is 10.5 Å². The van der Waals surface area contributed by atoms with E-state index in [4.69, 9.17) is 4.74 Å². The fraction of sp³-hybridized carbons (Fsp3) is 0.333. The zero-order chi connectivity index (χ0) is 15.4. The molecule has 0 radical (unpaired) electrons. The summed E-state index contributed by atoms with van der Waals surface area (Å²) in [6.07, 6.45) is 0.961. The first-order chi connectivity index (χ1) is 10.0. The minimum absolute atomic E-state index is 0.310. The van der Waals surface area contributed by atoms with E-state index >= 15 is 0 Å². The van der Waals surface area contributed by atoms with Gasteiger partial charge in [-0.25, -0.2) is 0 Å². The maximum atomic E-state index is 5.21. The van der Waals surface area contributed by atoms with E-state index in [9.17, 15) is 0 Å². The largest absolute Gasteiger partial charge is 0.497 e. The van der Waals surface area contributed by atoms with Gasteiger partial charge in [0.1, 0.15) is 5.75 Å². The average Bonchev–Trinajstić information content (AvgIpc) is 2.49. The third-order valence-electron chi connectivity index (χ3n) is 3.87. The SMILES string of the molecule is CNC(Cc1ccc(OC)cc1)c1cc(C)c(Br)cc1C. The van der Waals surface area contributed by atoms with Gasteiger partial charge in [-0.15, -0.1) is 0 Å². The molecule has 1 atom stereocenters. The lowest BCUT2D eigenvalue weighted by Crippen LogP contribution is -2.20. The molecule has 0 amide bonds. The van der Waals surface area contributed by atoms with Crippen molar-refractivity contribution in [3.8, 4) is 5.75 Å². The van der Waals surface area contributed by atoms with Crippen molar-refractivity contribution in [1.29, 1.82) is 0 Å². The lowest BCUT2D eigenvalue weighted by Gasteiger charge is -2.20. The number of benzene rings is 2. The van der Waals surface area contributed by atoms with E-state index in [1.54, 1.807) is 7.11 Å². The first-order valence-electron chi connectivity index (χ1n) is 7.12. The molecular weight excluding hydrogens is 326 g/mol. The highest BCUT2D eigenvalue weighted by molar-refractivity contribution is 9.10. The summed E-state index contributed by atoms with van der Waals surface area (Å²) in [5, 5.41) is 3.44. The molecule has 0 fully saturated rings. The van der Waals surface area contributed by atoms with Gasteiger partial charge in [-0.2, -0.15) is 0 Å². The highest BCUT2D eigenvalue weighted by Gasteiger charge is 2.14. The number of likely N-dealkylation sites (N-methyl/N-ethyl adjacent to an activating group) is 1. The normalized spacial score (nSPS) is 12.2. The Labute approximate surface area is 135 Å². The van der Waals surface area contributed by atoms with Crippen molar-refractivity contribution in [2.45, 2.75) is 26.3 Å². The number of halogens is 1. The van der Waals surface area contributed by atoms with Crippen LogP contribution in [0, 0.1) is 13.8 Å². The predicted molar refractivity (Wildman–Crippen MR) is 92.1 cm³/mol. The van der Waals surface area contributed by atoms with E-state index in [-0.39, 0.29) is 0 Å². The Morgan fingerprint density at radius 3 is 2.33 bits per heavy atom. The number of hydrogen-bond donors (Lipinski definition) is 1. The Hall–Kier alpha value is -1.32. The molecule has 112 valence electrons. The summed E-state index contributed by atoms with van der Waals surface area (Å²) >= 11 is 3.60. The van der Waals surface area contributed by atoms with Gasteiger partial charge in [0.15, 0.2) is 0 Å². The van der Waals surface area contributed by atoms with Crippen molar-refractivity contribution in [2.75, 3.05) is 14.2 Å². The molecule has 0 saturated heterocycles. The molecule has 0 aliphatic rings. The summed E-state index contributed by atoms with van der Waals surface area (Å²) in [6.45, 7) is 4.30. The van der Waals surface area contributed by atoms with Gasteiger partial charge >= 0.3 is 0 Å². The van der Waals surface area contributed by atoms with E-state index in [0.717, 1.165) is 12.2 Å². The molecule has 1 N–H and O–H groups in total. The minimum atomic E-state index is 0.310. The molecule has 0 aliphatic heterocycles. The smallest absolute Gasteiger partial charge is 0.118 e. The Morgan fingerprint density at radius 2 is 1.76 bits per heavy atom. The summed E-state index contributed by atoms with van der Waals surface area (Å²) in [7, 11) is 3.71. The van der Waals surface area contributed by atoms with E-state index in [0.29, 0.717) is 6.04 Å². The van der Waals surface area contributed by atoms with Crippen molar-refractivity contribution in [1.82, 2.24) is 5.32 Å². The third kappa shape index (κ3) is 3.86. The van der Waals surface area contributed by atoms with Gasteiger partial charge in [0.05, 0.1) is 7.11 Å². The number of hydrogen-bond acceptors (Lipinski definition) is 2. The van der Waals surface area contributed by atoms with Crippen LogP contribution in [0.15, 0.2) is 40.9 Å². The number of methoxy groups -OCH3 is 1. The van der Waals surface area contributed by atoms with E-state index in [1.807, 2.05) is 19.2 Å². The van der Waals surface area contributed by atoms with Crippen molar-refractivity contribution in [3.05, 3.63) is 63.1 Å². The van der Waals surface area contributed by atoms with E-state index in [2.05, 4.69) is 59.4 Å². The molecule has 1 unspecified atom stereocenters. The molecule has 2 aromatic carbocycles. The second-order valence-electron chi connectivity index (χ2n) is 5.35. The molecule has 0 saturated carbocycles. The molecule has 0 aliphatic carbocycles. The Kier molecular flexibility index (Phi) is 5.43. The lowest BCUT2D eigenvalue weighted by atomic mass is 9.94. The van der Waals surface area contributed by atoms with Crippen molar-refractivity contribution < 1.29 is 4.74 Å². The average molecular weight is 348 g/mol. The Morgan fingerprint density at radius 1 is 1.10 bits per heavy atom. The van der Waals surface area contributed by atoms with Crippen LogP contribution in [0.5, 0.6) is 5.75 Å². The number of ether oxygens (including phenoxy) is 1. The van der Waals surface area contributed by atoms with Crippen molar-refractivity contribution in [3.63, 3.8) is 0 Å². The summed E-state index contributed by atoms with van der Waals surface area (Å²) in [6, 6.07) is 13.1. The maximum Gasteiger partial charge on any atom is 0.118 e. The van der Waals surface area contributed by atoms with Gasteiger partial charge in [0.25, 0.3) is 0 Å². The van der Waals surface area contributed by atoms with Crippen LogP contribution in [0.4, 0.5) is 0 Å². The highest BCUT2D eigenvalue weighted by atomic mass is 79.9. The molecule has 0 aromatic heterocycles. The van der Waals surface area contributed by atoms with Crippen LogP contribution >= 0.6 is 15.9 Å². The third-order valence-corrected chi connectivity index (χ3v) is 4.72. The first kappa shape index (κ1) is 16.1. The highest BCUT2D eigenvalue weighted by Crippen LogP contribution is 2.27. The summed E-state index contributed by atoms with van der Waals surface area (Å²) in [5.41, 5.74) is 5.23. The Balaban J connectivity index is 2.25. The van der Waals surface area contributed by atoms with Crippen LogP contribution in [0.3, 0.4) is 0 Å². The van der Waals surface area contributed by atoms with Crippen LogP contribution in [0.25, 0.3) is 0 Å². The molecule has 21 heavy (non-hydrogen) atoms. The van der Waals surface area contributed by atoms with Gasteiger partial charge in [-0.3, -0.25) is 0 Å². The van der Waals surface area contributed by atoms with Gasteiger partial charge in [0.2, 0.25) is 0 Å². The maximum absolute atomic E-state index is 5.21. The fourth-order valence-electron chi connectivity index (χ4n) is 2.54. The summed E-state index contributed by atoms with van der Waals surface area (Å²) in [4.78, 5) is 0. The van der Waals surface area contributed by atoms with Crippen LogP contribution < -0.4 is 10.1 Å². The second-order valence-corrected chi connectivity index (χ2v) is 6.21.